The van der Waals surface area contributed by atoms with E-state index in [1.807, 2.05) is 12.1 Å². The largest absolute Gasteiger partial charge is 0.501 e. The molecule has 1 aliphatic rings. The molecule has 2 aromatic rings. The Morgan fingerprint density at radius 2 is 1.42 bits per heavy atom. The van der Waals surface area contributed by atoms with Crippen molar-refractivity contribution < 1.29 is 9.47 Å². The first-order valence-corrected chi connectivity index (χ1v) is 9.16. The lowest BCUT2D eigenvalue weighted by Gasteiger charge is -2.29. The van der Waals surface area contributed by atoms with E-state index < -0.39 is 0 Å². The van der Waals surface area contributed by atoms with Crippen molar-refractivity contribution in [1.29, 1.82) is 0 Å². The fraction of sp³-hybridized carbons (Fsp3) is 0.200. The lowest BCUT2D eigenvalue weighted by atomic mass is 10.1. The molecule has 0 fully saturated rings. The summed E-state index contributed by atoms with van der Waals surface area (Å²) >= 11 is 0. The molecule has 0 heterocycles. The topological polar surface area (TPSA) is 21.7 Å². The summed E-state index contributed by atoms with van der Waals surface area (Å²) in [7, 11) is 4.49. The molecule has 0 N–H and O–H groups in total. The quantitative estimate of drug-likeness (QED) is 0.783. The van der Waals surface area contributed by atoms with Crippen LogP contribution in [0.3, 0.4) is 0 Å². The predicted molar refractivity (Wildman–Crippen MR) is 104 cm³/mol. The summed E-state index contributed by atoms with van der Waals surface area (Å²) in [5.41, 5.74) is 3.58. The molecule has 0 bridgehead atoms. The lowest BCUT2D eigenvalue weighted by molar-refractivity contribution is 0.275. The summed E-state index contributed by atoms with van der Waals surface area (Å²) in [5.74, 6) is 1.90. The Hall–Kier alpha value is -2.46. The standard InChI is InChI=1S/C20H23NO2Si/c1-22-18-9-3-15(4-10-18)21(17-7-13-20(24)14-8-17)16-5-11-19(23-2)12-6-16/h3-5,7-11,13-14H,6,12H2,1-2,24H3. The minimum absolute atomic E-state index is 0.868. The summed E-state index contributed by atoms with van der Waals surface area (Å²) < 4.78 is 10.7. The first kappa shape index (κ1) is 16.4. The summed E-state index contributed by atoms with van der Waals surface area (Å²) in [6.45, 7) is 0. The van der Waals surface area contributed by atoms with Gasteiger partial charge in [0.25, 0.3) is 0 Å². The number of hydrogen-bond acceptors (Lipinski definition) is 3. The predicted octanol–water partition coefficient (Wildman–Crippen LogP) is 3.03. The number of allylic oxidation sites excluding steroid dienone is 4. The molecule has 2 aromatic carbocycles. The number of rotatable bonds is 5. The molecule has 1 aliphatic carbocycles. The summed E-state index contributed by atoms with van der Waals surface area (Å²) in [4.78, 5) is 2.31. The van der Waals surface area contributed by atoms with Crippen LogP contribution in [0.25, 0.3) is 0 Å². The average Bonchev–Trinajstić information content (AvgIpc) is 2.64. The second-order valence-electron chi connectivity index (χ2n) is 5.86. The van der Waals surface area contributed by atoms with E-state index in [-0.39, 0.29) is 0 Å². The van der Waals surface area contributed by atoms with Crippen molar-refractivity contribution in [3.8, 4) is 5.75 Å². The highest BCUT2D eigenvalue weighted by Gasteiger charge is 2.17. The van der Waals surface area contributed by atoms with Crippen LogP contribution in [0.4, 0.5) is 11.4 Å². The number of anilines is 2. The summed E-state index contributed by atoms with van der Waals surface area (Å²) in [5, 5.41) is 1.40. The van der Waals surface area contributed by atoms with Crippen LogP contribution in [-0.2, 0) is 4.74 Å². The smallest absolute Gasteiger partial charge is 0.119 e. The van der Waals surface area contributed by atoms with Crippen LogP contribution in [-0.4, -0.2) is 24.5 Å². The minimum atomic E-state index is 0.868. The van der Waals surface area contributed by atoms with Gasteiger partial charge in [-0.3, -0.25) is 0 Å². The number of nitrogens with zero attached hydrogens (tertiary/aromatic N) is 1. The van der Waals surface area contributed by atoms with E-state index in [9.17, 15) is 0 Å². The zero-order chi connectivity index (χ0) is 16.9. The SMILES string of the molecule is COC1=CC=C(N(c2ccc([SiH3])cc2)c2ccc(OC)cc2)CC1. The molecule has 0 unspecified atom stereocenters. The molecule has 0 saturated carbocycles. The fourth-order valence-corrected chi connectivity index (χ4v) is 3.20. The maximum absolute atomic E-state index is 5.36. The Labute approximate surface area is 146 Å². The van der Waals surface area contributed by atoms with Crippen molar-refractivity contribution in [3.63, 3.8) is 0 Å². The molecule has 0 radical (unpaired) electrons. The van der Waals surface area contributed by atoms with Crippen molar-refractivity contribution in [2.24, 2.45) is 0 Å². The Balaban J connectivity index is 2.02. The number of benzene rings is 2. The third-order valence-corrected chi connectivity index (χ3v) is 4.93. The van der Waals surface area contributed by atoms with E-state index in [1.54, 1.807) is 14.2 Å². The zero-order valence-electron chi connectivity index (χ0n) is 14.5. The monoisotopic (exact) mass is 337 g/mol. The van der Waals surface area contributed by atoms with Gasteiger partial charge in [-0.1, -0.05) is 17.3 Å². The number of hydrogen-bond donors (Lipinski definition) is 0. The Bertz CT molecular complexity index is 748. The molecule has 24 heavy (non-hydrogen) atoms. The third kappa shape index (κ3) is 3.54. The van der Waals surface area contributed by atoms with Crippen LogP contribution < -0.4 is 14.8 Å². The summed E-state index contributed by atoms with van der Waals surface area (Å²) in [6.07, 6.45) is 6.10. The van der Waals surface area contributed by atoms with E-state index in [1.165, 1.54) is 16.6 Å². The second kappa shape index (κ2) is 7.40. The molecule has 0 spiro atoms. The van der Waals surface area contributed by atoms with Crippen molar-refractivity contribution in [1.82, 2.24) is 0 Å². The van der Waals surface area contributed by atoms with Gasteiger partial charge in [-0.2, -0.15) is 0 Å². The number of ether oxygens (including phenoxy) is 2. The molecule has 3 nitrogen and oxygen atoms in total. The zero-order valence-corrected chi connectivity index (χ0v) is 16.5. The van der Waals surface area contributed by atoms with Crippen LogP contribution in [0.5, 0.6) is 5.75 Å². The summed E-state index contributed by atoms with van der Waals surface area (Å²) in [6, 6.07) is 17.0. The van der Waals surface area contributed by atoms with Gasteiger partial charge in [-0.25, -0.2) is 0 Å². The van der Waals surface area contributed by atoms with E-state index >= 15 is 0 Å². The maximum atomic E-state index is 5.36. The number of methoxy groups -OCH3 is 2. The Kier molecular flexibility index (Phi) is 5.06. The van der Waals surface area contributed by atoms with Gasteiger partial charge in [0.1, 0.15) is 5.75 Å². The third-order valence-electron chi connectivity index (χ3n) is 4.26. The van der Waals surface area contributed by atoms with Gasteiger partial charge >= 0.3 is 0 Å². The molecule has 0 amide bonds. The van der Waals surface area contributed by atoms with Crippen molar-refractivity contribution in [3.05, 3.63) is 72.1 Å². The highest BCUT2D eigenvalue weighted by molar-refractivity contribution is 6.32. The van der Waals surface area contributed by atoms with Gasteiger partial charge in [0.15, 0.2) is 0 Å². The molecular formula is C20H23NO2Si. The molecule has 0 aliphatic heterocycles. The average molecular weight is 337 g/mol. The Morgan fingerprint density at radius 3 is 1.92 bits per heavy atom. The van der Waals surface area contributed by atoms with Gasteiger partial charge in [0.2, 0.25) is 0 Å². The fourth-order valence-electron chi connectivity index (χ4n) is 2.87. The van der Waals surface area contributed by atoms with Gasteiger partial charge in [0, 0.05) is 33.7 Å². The first-order chi connectivity index (χ1) is 11.7. The molecular weight excluding hydrogens is 314 g/mol. The molecule has 0 atom stereocenters. The highest BCUT2D eigenvalue weighted by Crippen LogP contribution is 2.34. The maximum Gasteiger partial charge on any atom is 0.119 e. The van der Waals surface area contributed by atoms with Gasteiger partial charge in [-0.05, 0) is 55.0 Å². The van der Waals surface area contributed by atoms with Crippen LogP contribution in [0.2, 0.25) is 0 Å². The highest BCUT2D eigenvalue weighted by atomic mass is 28.1. The van der Waals surface area contributed by atoms with Crippen LogP contribution in [0.15, 0.2) is 72.1 Å². The van der Waals surface area contributed by atoms with Crippen molar-refractivity contribution in [2.75, 3.05) is 19.1 Å². The van der Waals surface area contributed by atoms with E-state index in [0.717, 1.165) is 40.3 Å². The van der Waals surface area contributed by atoms with Gasteiger partial charge in [0.05, 0.1) is 20.0 Å². The van der Waals surface area contributed by atoms with E-state index in [4.69, 9.17) is 9.47 Å². The van der Waals surface area contributed by atoms with Crippen LogP contribution >= 0.6 is 0 Å². The second-order valence-corrected chi connectivity index (χ2v) is 7.02. The molecule has 3 rings (SSSR count). The molecule has 4 heteroatoms. The van der Waals surface area contributed by atoms with Crippen molar-refractivity contribution in [2.45, 2.75) is 12.8 Å². The normalized spacial score (nSPS) is 13.9. The first-order valence-electron chi connectivity index (χ1n) is 8.16. The minimum Gasteiger partial charge on any atom is -0.501 e. The molecule has 0 saturated heterocycles. The van der Waals surface area contributed by atoms with E-state index in [2.05, 4.69) is 53.5 Å². The van der Waals surface area contributed by atoms with Crippen molar-refractivity contribution >= 4 is 26.8 Å². The lowest BCUT2D eigenvalue weighted by Crippen LogP contribution is -2.18. The van der Waals surface area contributed by atoms with Crippen LogP contribution in [0, 0.1) is 0 Å². The Morgan fingerprint density at radius 1 is 0.792 bits per heavy atom. The molecule has 0 aromatic heterocycles. The van der Waals surface area contributed by atoms with Gasteiger partial charge in [-0.15, -0.1) is 0 Å². The van der Waals surface area contributed by atoms with Crippen LogP contribution in [0.1, 0.15) is 12.8 Å². The van der Waals surface area contributed by atoms with Gasteiger partial charge < -0.3 is 14.4 Å². The molecule has 124 valence electrons. The van der Waals surface area contributed by atoms with E-state index in [0.29, 0.717) is 0 Å².